The maximum atomic E-state index is 12.3. The molecule has 2 N–H and O–H groups in total. The summed E-state index contributed by atoms with van der Waals surface area (Å²) in [7, 11) is 0. The summed E-state index contributed by atoms with van der Waals surface area (Å²) >= 11 is 0. The predicted octanol–water partition coefficient (Wildman–Crippen LogP) is 3.20. The highest BCUT2D eigenvalue weighted by molar-refractivity contribution is 5.94. The monoisotopic (exact) mass is 288 g/mol. The second-order valence-corrected chi connectivity index (χ2v) is 4.51. The summed E-state index contributed by atoms with van der Waals surface area (Å²) in [4.78, 5) is 14.2. The minimum absolute atomic E-state index is 0. The van der Waals surface area contributed by atoms with Crippen LogP contribution in [0.2, 0.25) is 0 Å². The molecule has 0 fully saturated rings. The molecule has 4 nitrogen and oxygen atoms in total. The van der Waals surface area contributed by atoms with Gasteiger partial charge in [0.1, 0.15) is 12.0 Å². The number of carbonyl (C=O) groups excluding carboxylic acids is 1. The molecule has 1 aromatic rings. The number of carbonyl (C=O) groups is 1. The fourth-order valence-electron chi connectivity index (χ4n) is 1.80. The van der Waals surface area contributed by atoms with Crippen molar-refractivity contribution in [1.29, 1.82) is 0 Å². The Morgan fingerprint density at radius 3 is 2.26 bits per heavy atom. The molecule has 1 aromatic heterocycles. The van der Waals surface area contributed by atoms with Gasteiger partial charge in [-0.2, -0.15) is 0 Å². The van der Waals surface area contributed by atoms with Crippen molar-refractivity contribution in [3.63, 3.8) is 0 Å². The van der Waals surface area contributed by atoms with Crippen LogP contribution >= 0.6 is 12.4 Å². The summed E-state index contributed by atoms with van der Waals surface area (Å²) in [6.07, 6.45) is 5.77. The molecule has 0 unspecified atom stereocenters. The number of rotatable bonds is 8. The molecule has 0 radical (unpaired) electrons. The first-order valence-electron chi connectivity index (χ1n) is 6.79. The van der Waals surface area contributed by atoms with E-state index < -0.39 is 0 Å². The molecule has 19 heavy (non-hydrogen) atoms. The third kappa shape index (κ3) is 5.66. The summed E-state index contributed by atoms with van der Waals surface area (Å²) in [6.45, 7) is 6.23. The lowest BCUT2D eigenvalue weighted by Crippen LogP contribution is -2.32. The fourth-order valence-corrected chi connectivity index (χ4v) is 1.80. The third-order valence-corrected chi connectivity index (χ3v) is 2.95. The molecule has 0 spiro atoms. The average molecular weight is 289 g/mol. The van der Waals surface area contributed by atoms with Gasteiger partial charge in [0.2, 0.25) is 0 Å². The van der Waals surface area contributed by atoms with E-state index in [0.29, 0.717) is 17.9 Å². The Morgan fingerprint density at radius 1 is 1.26 bits per heavy atom. The van der Waals surface area contributed by atoms with Crippen LogP contribution in [0, 0.1) is 0 Å². The summed E-state index contributed by atoms with van der Waals surface area (Å²) in [5.74, 6) is 0.713. The van der Waals surface area contributed by atoms with E-state index in [2.05, 4.69) is 13.8 Å². The van der Waals surface area contributed by atoms with Gasteiger partial charge in [0.15, 0.2) is 0 Å². The zero-order chi connectivity index (χ0) is 13.4. The molecule has 1 heterocycles. The van der Waals surface area contributed by atoms with Crippen LogP contribution in [0.4, 0.5) is 0 Å². The van der Waals surface area contributed by atoms with Crippen molar-refractivity contribution in [2.24, 2.45) is 5.73 Å². The van der Waals surface area contributed by atoms with E-state index >= 15 is 0 Å². The van der Waals surface area contributed by atoms with E-state index in [1.807, 2.05) is 4.90 Å². The van der Waals surface area contributed by atoms with Crippen LogP contribution in [0.25, 0.3) is 0 Å². The predicted molar refractivity (Wildman–Crippen MR) is 79.6 cm³/mol. The van der Waals surface area contributed by atoms with Gasteiger partial charge in [0.05, 0.1) is 12.1 Å². The SMILES string of the molecule is CCCCN(CCCC)C(=O)c1coc(CN)c1.Cl. The van der Waals surface area contributed by atoms with Crippen LogP contribution in [0.3, 0.4) is 0 Å². The Kier molecular flexibility index (Phi) is 9.35. The number of nitrogens with two attached hydrogens (primary N) is 1. The number of amides is 1. The molecule has 0 saturated carbocycles. The van der Waals surface area contributed by atoms with Crippen LogP contribution in [0.1, 0.15) is 55.6 Å². The standard InChI is InChI=1S/C14H24N2O2.ClH/c1-3-5-7-16(8-6-4-2)14(17)12-9-13(10-15)18-11-12;/h9,11H,3-8,10,15H2,1-2H3;1H. The second kappa shape index (κ2) is 9.87. The Labute approximate surface area is 121 Å². The van der Waals surface area contributed by atoms with E-state index in [-0.39, 0.29) is 18.3 Å². The normalized spacial score (nSPS) is 10.1. The number of furan rings is 1. The highest BCUT2D eigenvalue weighted by Crippen LogP contribution is 2.12. The van der Waals surface area contributed by atoms with E-state index in [9.17, 15) is 4.79 Å². The minimum atomic E-state index is 0. The molecule has 1 rings (SSSR count). The summed E-state index contributed by atoms with van der Waals surface area (Å²) in [6, 6.07) is 1.74. The number of unbranched alkanes of at least 4 members (excludes halogenated alkanes) is 2. The first-order chi connectivity index (χ1) is 8.72. The van der Waals surface area contributed by atoms with E-state index in [4.69, 9.17) is 10.2 Å². The molecule has 0 aliphatic heterocycles. The lowest BCUT2D eigenvalue weighted by molar-refractivity contribution is 0.0750. The Morgan fingerprint density at radius 2 is 1.84 bits per heavy atom. The number of hydrogen-bond donors (Lipinski definition) is 1. The van der Waals surface area contributed by atoms with Gasteiger partial charge in [0.25, 0.3) is 5.91 Å². The van der Waals surface area contributed by atoms with E-state index in [0.717, 1.165) is 38.8 Å². The Balaban J connectivity index is 0.00000324. The second-order valence-electron chi connectivity index (χ2n) is 4.51. The molecule has 0 aromatic carbocycles. The zero-order valence-corrected chi connectivity index (χ0v) is 12.7. The van der Waals surface area contributed by atoms with Crippen LogP contribution in [0.15, 0.2) is 16.7 Å². The van der Waals surface area contributed by atoms with Gasteiger partial charge in [-0.05, 0) is 18.9 Å². The summed E-state index contributed by atoms with van der Waals surface area (Å²) in [5, 5.41) is 0. The minimum Gasteiger partial charge on any atom is -0.467 e. The molecular formula is C14H25ClN2O2. The van der Waals surface area contributed by atoms with Crippen LogP contribution in [-0.2, 0) is 6.54 Å². The maximum Gasteiger partial charge on any atom is 0.257 e. The highest BCUT2D eigenvalue weighted by atomic mass is 35.5. The van der Waals surface area contributed by atoms with Gasteiger partial charge in [-0.1, -0.05) is 26.7 Å². The van der Waals surface area contributed by atoms with Crippen molar-refractivity contribution >= 4 is 18.3 Å². The molecule has 1 amide bonds. The Hall–Kier alpha value is -1.00. The van der Waals surface area contributed by atoms with E-state index in [1.54, 1.807) is 6.07 Å². The van der Waals surface area contributed by atoms with Gasteiger partial charge >= 0.3 is 0 Å². The summed E-state index contributed by atoms with van der Waals surface area (Å²) < 4.78 is 5.22. The largest absolute Gasteiger partial charge is 0.467 e. The average Bonchev–Trinajstić information content (AvgIpc) is 2.87. The van der Waals surface area contributed by atoms with Crippen LogP contribution < -0.4 is 5.73 Å². The van der Waals surface area contributed by atoms with Crippen molar-refractivity contribution in [1.82, 2.24) is 4.90 Å². The van der Waals surface area contributed by atoms with E-state index in [1.165, 1.54) is 6.26 Å². The zero-order valence-electron chi connectivity index (χ0n) is 11.9. The molecule has 5 heteroatoms. The van der Waals surface area contributed by atoms with Crippen molar-refractivity contribution in [3.05, 3.63) is 23.7 Å². The van der Waals surface area contributed by atoms with Gasteiger partial charge in [-0.15, -0.1) is 12.4 Å². The van der Waals surface area contributed by atoms with Gasteiger partial charge < -0.3 is 15.1 Å². The smallest absolute Gasteiger partial charge is 0.257 e. The lowest BCUT2D eigenvalue weighted by atomic mass is 10.2. The summed E-state index contributed by atoms with van der Waals surface area (Å²) in [5.41, 5.74) is 6.09. The van der Waals surface area contributed by atoms with Crippen LogP contribution in [0.5, 0.6) is 0 Å². The number of hydrogen-bond acceptors (Lipinski definition) is 3. The molecule has 0 atom stereocenters. The highest BCUT2D eigenvalue weighted by Gasteiger charge is 2.16. The molecule has 110 valence electrons. The first kappa shape index (κ1) is 18.0. The lowest BCUT2D eigenvalue weighted by Gasteiger charge is -2.21. The Bertz CT molecular complexity index is 358. The van der Waals surface area contributed by atoms with Crippen molar-refractivity contribution in [2.75, 3.05) is 13.1 Å². The van der Waals surface area contributed by atoms with Crippen molar-refractivity contribution in [2.45, 2.75) is 46.1 Å². The molecular weight excluding hydrogens is 264 g/mol. The molecule has 0 saturated heterocycles. The number of halogens is 1. The van der Waals surface area contributed by atoms with Crippen LogP contribution in [-0.4, -0.2) is 23.9 Å². The molecule has 0 aliphatic carbocycles. The van der Waals surface area contributed by atoms with Gasteiger partial charge in [-0.25, -0.2) is 0 Å². The third-order valence-electron chi connectivity index (χ3n) is 2.95. The van der Waals surface area contributed by atoms with Gasteiger partial charge in [-0.3, -0.25) is 4.79 Å². The molecule has 0 aliphatic rings. The van der Waals surface area contributed by atoms with Gasteiger partial charge in [0, 0.05) is 13.1 Å². The maximum absolute atomic E-state index is 12.3. The quantitative estimate of drug-likeness (QED) is 0.799. The number of nitrogens with zero attached hydrogens (tertiary/aromatic N) is 1. The fraction of sp³-hybridized carbons (Fsp3) is 0.643. The van der Waals surface area contributed by atoms with Crippen molar-refractivity contribution in [3.8, 4) is 0 Å². The topological polar surface area (TPSA) is 59.5 Å². The first-order valence-corrected chi connectivity index (χ1v) is 6.79. The molecule has 0 bridgehead atoms. The van der Waals surface area contributed by atoms with Crippen molar-refractivity contribution < 1.29 is 9.21 Å².